The third-order valence-electron chi connectivity index (χ3n) is 5.66. The summed E-state index contributed by atoms with van der Waals surface area (Å²) in [6.07, 6.45) is 30.4. The molecule has 0 aliphatic carbocycles. The number of unbranched alkanes of at least 4 members (excludes halogenated alkanes) is 17. The number of H-pyrrole nitrogens is 1. The summed E-state index contributed by atoms with van der Waals surface area (Å²) in [4.78, 5) is 13.5. The molecule has 0 aliphatic rings. The Balaban J connectivity index is 1.65. The van der Waals surface area contributed by atoms with E-state index in [2.05, 4.69) is 15.7 Å². The molecule has 0 aliphatic heterocycles. The van der Waals surface area contributed by atoms with Crippen molar-refractivity contribution < 1.29 is 14.5 Å². The van der Waals surface area contributed by atoms with E-state index in [1.165, 1.54) is 103 Å². The highest BCUT2D eigenvalue weighted by atomic mass is 16.4. The van der Waals surface area contributed by atoms with E-state index in [1.807, 2.05) is 12.5 Å². The van der Waals surface area contributed by atoms with Gasteiger partial charge in [0.2, 0.25) is 6.33 Å². The molecule has 0 amide bonds. The van der Waals surface area contributed by atoms with E-state index in [0.717, 1.165) is 19.4 Å². The van der Waals surface area contributed by atoms with Crippen molar-refractivity contribution in [1.29, 1.82) is 0 Å². The quantitative estimate of drug-likeness (QED) is 0.178. The normalized spacial score (nSPS) is 11.1. The standard InChI is InChI=1S/C24H44N2O2/c27-24(28)19-17-15-13-11-9-7-5-3-1-2-4-6-8-10-12-14-16-18-21-26-22-20-25-23-26/h20,22-23H,1-19,21H2,(H,27,28)/p+1. The Kier molecular flexibility index (Phi) is 16.8. The van der Waals surface area contributed by atoms with Gasteiger partial charge in [0.1, 0.15) is 12.4 Å². The fourth-order valence-corrected chi connectivity index (χ4v) is 3.86. The molecule has 2 N–H and O–H groups in total. The minimum absolute atomic E-state index is 0.341. The van der Waals surface area contributed by atoms with Gasteiger partial charge in [-0.2, -0.15) is 0 Å². The number of nitrogens with one attached hydrogen (secondary N) is 1. The molecular weight excluding hydrogens is 348 g/mol. The van der Waals surface area contributed by atoms with E-state index in [-0.39, 0.29) is 0 Å². The average molecular weight is 394 g/mol. The lowest BCUT2D eigenvalue weighted by Gasteiger charge is -2.04. The number of aliphatic carboxylic acids is 1. The molecule has 4 heteroatoms. The first-order chi connectivity index (χ1) is 13.8. The number of carbonyl (C=O) groups is 1. The Morgan fingerprint density at radius 1 is 0.643 bits per heavy atom. The van der Waals surface area contributed by atoms with Crippen LogP contribution in [0.3, 0.4) is 0 Å². The minimum Gasteiger partial charge on any atom is -0.481 e. The van der Waals surface area contributed by atoms with E-state index in [1.54, 1.807) is 0 Å². The lowest BCUT2D eigenvalue weighted by atomic mass is 10.0. The SMILES string of the molecule is O=C(O)CCCCCCCCCCCCCCCCCCCC[n+]1cc[nH]c1. The molecule has 1 heterocycles. The largest absolute Gasteiger partial charge is 0.481 e. The van der Waals surface area contributed by atoms with Gasteiger partial charge < -0.3 is 5.11 Å². The molecule has 0 atom stereocenters. The van der Waals surface area contributed by atoms with Gasteiger partial charge in [-0.25, -0.2) is 4.57 Å². The molecule has 0 fully saturated rings. The third kappa shape index (κ3) is 16.8. The first kappa shape index (κ1) is 24.7. The second-order valence-corrected chi connectivity index (χ2v) is 8.36. The number of nitrogens with zero attached hydrogens (tertiary/aromatic N) is 1. The van der Waals surface area contributed by atoms with Crippen molar-refractivity contribution in [3.8, 4) is 0 Å². The summed E-state index contributed by atoms with van der Waals surface area (Å²) in [5.41, 5.74) is 0. The van der Waals surface area contributed by atoms with Gasteiger partial charge in [-0.05, 0) is 19.3 Å². The van der Waals surface area contributed by atoms with E-state index >= 15 is 0 Å². The topological polar surface area (TPSA) is 57.0 Å². The summed E-state index contributed by atoms with van der Waals surface area (Å²) in [5.74, 6) is -0.654. The predicted octanol–water partition coefficient (Wildman–Crippen LogP) is 6.80. The van der Waals surface area contributed by atoms with Crippen molar-refractivity contribution in [3.63, 3.8) is 0 Å². The van der Waals surface area contributed by atoms with Crippen molar-refractivity contribution in [2.24, 2.45) is 0 Å². The number of carboxylic acids is 1. The first-order valence-electron chi connectivity index (χ1n) is 12.0. The van der Waals surface area contributed by atoms with Crippen LogP contribution in [-0.2, 0) is 11.3 Å². The van der Waals surface area contributed by atoms with Crippen LogP contribution < -0.4 is 4.57 Å². The summed E-state index contributed by atoms with van der Waals surface area (Å²) in [5, 5.41) is 8.58. The molecule has 162 valence electrons. The van der Waals surface area contributed by atoms with E-state index in [0.29, 0.717) is 6.42 Å². The highest BCUT2D eigenvalue weighted by Crippen LogP contribution is 2.14. The van der Waals surface area contributed by atoms with Crippen LogP contribution in [0.25, 0.3) is 0 Å². The van der Waals surface area contributed by atoms with Crippen LogP contribution in [0.2, 0.25) is 0 Å². The Morgan fingerprint density at radius 2 is 1.04 bits per heavy atom. The lowest BCUT2D eigenvalue weighted by molar-refractivity contribution is -0.696. The van der Waals surface area contributed by atoms with Crippen LogP contribution >= 0.6 is 0 Å². The Hall–Kier alpha value is -1.32. The number of aromatic nitrogens is 2. The molecule has 0 saturated carbocycles. The molecule has 0 bridgehead atoms. The summed E-state index contributed by atoms with van der Waals surface area (Å²) in [6, 6.07) is 0. The van der Waals surface area contributed by atoms with E-state index < -0.39 is 5.97 Å². The van der Waals surface area contributed by atoms with Crippen LogP contribution in [0, 0.1) is 0 Å². The Bertz CT molecular complexity index is 445. The van der Waals surface area contributed by atoms with Crippen LogP contribution in [0.4, 0.5) is 0 Å². The fraction of sp³-hybridized carbons (Fsp3) is 0.833. The zero-order valence-electron chi connectivity index (χ0n) is 18.2. The van der Waals surface area contributed by atoms with Gasteiger partial charge in [-0.15, -0.1) is 0 Å². The summed E-state index contributed by atoms with van der Waals surface area (Å²) < 4.78 is 2.23. The average Bonchev–Trinajstić information content (AvgIpc) is 3.19. The Morgan fingerprint density at radius 3 is 1.39 bits per heavy atom. The van der Waals surface area contributed by atoms with Crippen LogP contribution in [0.15, 0.2) is 18.7 Å². The number of imidazole rings is 1. The maximum atomic E-state index is 10.4. The number of hydrogen-bond donors (Lipinski definition) is 2. The fourth-order valence-electron chi connectivity index (χ4n) is 3.86. The van der Waals surface area contributed by atoms with Gasteiger partial charge in [-0.3, -0.25) is 9.78 Å². The first-order valence-corrected chi connectivity index (χ1v) is 12.0. The molecular formula is C24H45N2O2+. The molecule has 0 spiro atoms. The number of aryl methyl sites for hydroxylation is 1. The van der Waals surface area contributed by atoms with E-state index in [4.69, 9.17) is 5.11 Å². The van der Waals surface area contributed by atoms with E-state index in [9.17, 15) is 4.79 Å². The zero-order valence-corrected chi connectivity index (χ0v) is 18.2. The van der Waals surface area contributed by atoms with Gasteiger partial charge in [0, 0.05) is 6.42 Å². The van der Waals surface area contributed by atoms with Crippen molar-refractivity contribution in [3.05, 3.63) is 18.7 Å². The highest BCUT2D eigenvalue weighted by Gasteiger charge is 1.98. The monoisotopic (exact) mass is 393 g/mol. The van der Waals surface area contributed by atoms with Crippen LogP contribution in [-0.4, -0.2) is 16.1 Å². The second kappa shape index (κ2) is 19.0. The van der Waals surface area contributed by atoms with Crippen molar-refractivity contribution >= 4 is 5.97 Å². The second-order valence-electron chi connectivity index (χ2n) is 8.36. The summed E-state index contributed by atoms with van der Waals surface area (Å²) in [7, 11) is 0. The lowest BCUT2D eigenvalue weighted by Crippen LogP contribution is -2.30. The number of carboxylic acid groups (broad SMARTS) is 1. The summed E-state index contributed by atoms with van der Waals surface area (Å²) >= 11 is 0. The molecule has 0 aromatic carbocycles. The Labute approximate surface area is 173 Å². The van der Waals surface area contributed by atoms with Crippen LogP contribution in [0.1, 0.15) is 122 Å². The molecule has 1 rings (SSSR count). The number of aromatic amines is 1. The summed E-state index contributed by atoms with van der Waals surface area (Å²) in [6.45, 7) is 1.15. The highest BCUT2D eigenvalue weighted by molar-refractivity contribution is 5.66. The maximum absolute atomic E-state index is 10.4. The van der Waals surface area contributed by atoms with Gasteiger partial charge in [0.25, 0.3) is 0 Å². The van der Waals surface area contributed by atoms with Gasteiger partial charge in [0.15, 0.2) is 0 Å². The van der Waals surface area contributed by atoms with Gasteiger partial charge in [-0.1, -0.05) is 96.3 Å². The minimum atomic E-state index is -0.654. The van der Waals surface area contributed by atoms with Crippen molar-refractivity contribution in [1.82, 2.24) is 4.98 Å². The molecule has 28 heavy (non-hydrogen) atoms. The molecule has 0 unspecified atom stereocenters. The van der Waals surface area contributed by atoms with Crippen molar-refractivity contribution in [2.45, 2.75) is 129 Å². The number of hydrogen-bond acceptors (Lipinski definition) is 1. The van der Waals surface area contributed by atoms with Crippen LogP contribution in [0.5, 0.6) is 0 Å². The smallest absolute Gasteiger partial charge is 0.303 e. The van der Waals surface area contributed by atoms with Gasteiger partial charge in [0.05, 0.1) is 6.54 Å². The van der Waals surface area contributed by atoms with Crippen molar-refractivity contribution in [2.75, 3.05) is 0 Å². The molecule has 0 radical (unpaired) electrons. The predicted molar refractivity (Wildman–Crippen MR) is 116 cm³/mol. The zero-order chi connectivity index (χ0) is 20.1. The molecule has 1 aromatic heterocycles. The third-order valence-corrected chi connectivity index (χ3v) is 5.66. The van der Waals surface area contributed by atoms with Gasteiger partial charge >= 0.3 is 5.97 Å². The molecule has 1 aromatic rings. The number of rotatable bonds is 21. The maximum Gasteiger partial charge on any atom is 0.303 e. The molecule has 0 saturated heterocycles. The molecule has 4 nitrogen and oxygen atoms in total.